The van der Waals surface area contributed by atoms with E-state index < -0.39 is 5.97 Å². The van der Waals surface area contributed by atoms with Crippen LogP contribution in [0.1, 0.15) is 50.0 Å². The van der Waals surface area contributed by atoms with Crippen molar-refractivity contribution in [3.63, 3.8) is 0 Å². The molecule has 1 aliphatic carbocycles. The first-order valence-corrected chi connectivity index (χ1v) is 5.37. The molecule has 15 heavy (non-hydrogen) atoms. The average molecular weight is 208 g/mol. The Bertz CT molecular complexity index is 382. The van der Waals surface area contributed by atoms with Crippen molar-refractivity contribution >= 4 is 5.97 Å². The molecule has 1 heterocycles. The number of rotatable bonds is 3. The number of carboxylic acid groups (broad SMARTS) is 1. The summed E-state index contributed by atoms with van der Waals surface area (Å²) in [6.07, 6.45) is 3.92. The zero-order valence-corrected chi connectivity index (χ0v) is 9.10. The Morgan fingerprint density at radius 1 is 1.73 bits per heavy atom. The van der Waals surface area contributed by atoms with Crippen molar-refractivity contribution in [1.82, 2.24) is 9.55 Å². The maximum absolute atomic E-state index is 10.7. The molecule has 1 aliphatic rings. The Kier molecular flexibility index (Phi) is 2.50. The molecule has 0 fully saturated rings. The van der Waals surface area contributed by atoms with Crippen LogP contribution in [0.2, 0.25) is 0 Å². The van der Waals surface area contributed by atoms with E-state index in [0.717, 1.165) is 24.2 Å². The van der Waals surface area contributed by atoms with Crippen molar-refractivity contribution in [2.75, 3.05) is 0 Å². The van der Waals surface area contributed by atoms with E-state index in [1.54, 1.807) is 0 Å². The molecule has 1 aromatic rings. The van der Waals surface area contributed by atoms with E-state index in [1.807, 2.05) is 6.33 Å². The van der Waals surface area contributed by atoms with Gasteiger partial charge in [-0.25, -0.2) is 4.98 Å². The quantitative estimate of drug-likeness (QED) is 0.826. The first-order chi connectivity index (χ1) is 7.09. The van der Waals surface area contributed by atoms with Crippen molar-refractivity contribution in [2.24, 2.45) is 0 Å². The molecule has 0 aliphatic heterocycles. The molecule has 0 bridgehead atoms. The molecule has 1 atom stereocenters. The second-order valence-corrected chi connectivity index (χ2v) is 4.41. The normalized spacial score (nSPS) is 19.5. The maximum Gasteiger partial charge on any atom is 0.304 e. The third-order valence-electron chi connectivity index (χ3n) is 3.01. The van der Waals surface area contributed by atoms with Gasteiger partial charge >= 0.3 is 5.97 Å². The highest BCUT2D eigenvalue weighted by Gasteiger charge is 2.29. The van der Waals surface area contributed by atoms with E-state index in [1.165, 1.54) is 0 Å². The van der Waals surface area contributed by atoms with Gasteiger partial charge in [0.25, 0.3) is 0 Å². The number of nitrogens with zero attached hydrogens (tertiary/aromatic N) is 2. The van der Waals surface area contributed by atoms with Crippen molar-refractivity contribution in [3.8, 4) is 0 Å². The third-order valence-corrected chi connectivity index (χ3v) is 3.01. The van der Waals surface area contributed by atoms with Crippen LogP contribution in [-0.2, 0) is 11.2 Å². The Balaban J connectivity index is 2.30. The first-order valence-electron chi connectivity index (χ1n) is 5.37. The summed E-state index contributed by atoms with van der Waals surface area (Å²) in [4.78, 5) is 15.1. The molecule has 1 unspecified atom stereocenters. The van der Waals surface area contributed by atoms with Gasteiger partial charge in [0, 0.05) is 17.7 Å². The topological polar surface area (TPSA) is 55.1 Å². The molecule has 0 saturated carbocycles. The van der Waals surface area contributed by atoms with Gasteiger partial charge in [-0.15, -0.1) is 0 Å². The van der Waals surface area contributed by atoms with E-state index >= 15 is 0 Å². The highest BCUT2D eigenvalue weighted by atomic mass is 16.4. The highest BCUT2D eigenvalue weighted by molar-refractivity contribution is 5.68. The number of aromatic nitrogens is 2. The maximum atomic E-state index is 10.7. The smallest absolute Gasteiger partial charge is 0.304 e. The minimum atomic E-state index is -0.718. The summed E-state index contributed by atoms with van der Waals surface area (Å²) in [5, 5.41) is 8.84. The fourth-order valence-corrected chi connectivity index (χ4v) is 2.32. The SMILES string of the molecule is CC(C)n1cnc2c1C(CC(=O)O)CC2. The van der Waals surface area contributed by atoms with Gasteiger partial charge in [0.15, 0.2) is 0 Å². The standard InChI is InChI=1S/C11H16N2O2/c1-7(2)13-6-12-9-4-3-8(11(9)13)5-10(14)15/h6-8H,3-5H2,1-2H3,(H,14,15). The molecule has 1 N–H and O–H groups in total. The molecule has 2 rings (SSSR count). The second-order valence-electron chi connectivity index (χ2n) is 4.41. The van der Waals surface area contributed by atoms with Crippen molar-refractivity contribution in [3.05, 3.63) is 17.7 Å². The predicted octanol–water partition coefficient (Wildman–Crippen LogP) is 1.97. The highest BCUT2D eigenvalue weighted by Crippen LogP contribution is 2.36. The molecule has 0 spiro atoms. The summed E-state index contributed by atoms with van der Waals surface area (Å²) in [6.45, 7) is 4.19. The fraction of sp³-hybridized carbons (Fsp3) is 0.636. The molecule has 0 radical (unpaired) electrons. The van der Waals surface area contributed by atoms with Crippen molar-refractivity contribution in [1.29, 1.82) is 0 Å². The van der Waals surface area contributed by atoms with Gasteiger partial charge in [0.1, 0.15) is 0 Å². The van der Waals surface area contributed by atoms with E-state index in [-0.39, 0.29) is 12.3 Å². The molecule has 0 saturated heterocycles. The molecule has 1 aromatic heterocycles. The molecule has 82 valence electrons. The number of imidazole rings is 1. The molecule has 4 heteroatoms. The number of hydrogen-bond acceptors (Lipinski definition) is 2. The fourth-order valence-electron chi connectivity index (χ4n) is 2.32. The Hall–Kier alpha value is -1.32. The molecule has 4 nitrogen and oxygen atoms in total. The zero-order chi connectivity index (χ0) is 11.0. The molecule has 0 amide bonds. The van der Waals surface area contributed by atoms with Gasteiger partial charge < -0.3 is 9.67 Å². The number of carbonyl (C=O) groups is 1. The van der Waals surface area contributed by atoms with E-state index in [9.17, 15) is 4.79 Å². The minimum Gasteiger partial charge on any atom is -0.481 e. The van der Waals surface area contributed by atoms with E-state index in [4.69, 9.17) is 5.11 Å². The van der Waals surface area contributed by atoms with E-state index in [2.05, 4.69) is 23.4 Å². The lowest BCUT2D eigenvalue weighted by molar-refractivity contribution is -0.137. The lowest BCUT2D eigenvalue weighted by Crippen LogP contribution is -2.10. The van der Waals surface area contributed by atoms with Crippen molar-refractivity contribution < 1.29 is 9.90 Å². The van der Waals surface area contributed by atoms with Gasteiger partial charge in [0.05, 0.1) is 18.4 Å². The summed E-state index contributed by atoms with van der Waals surface area (Å²) < 4.78 is 2.11. The number of aryl methyl sites for hydroxylation is 1. The van der Waals surface area contributed by atoms with Crippen LogP contribution in [-0.4, -0.2) is 20.6 Å². The summed E-state index contributed by atoms with van der Waals surface area (Å²) in [5.41, 5.74) is 2.24. The van der Waals surface area contributed by atoms with Crippen molar-refractivity contribution in [2.45, 2.75) is 45.1 Å². The predicted molar refractivity (Wildman–Crippen MR) is 55.9 cm³/mol. The largest absolute Gasteiger partial charge is 0.481 e. The lowest BCUT2D eigenvalue weighted by Gasteiger charge is -2.15. The summed E-state index contributed by atoms with van der Waals surface area (Å²) in [7, 11) is 0. The first kappa shape index (κ1) is 10.2. The average Bonchev–Trinajstić information content (AvgIpc) is 2.66. The van der Waals surface area contributed by atoms with Gasteiger partial charge in [0.2, 0.25) is 0 Å². The van der Waals surface area contributed by atoms with Crippen LogP contribution in [0.25, 0.3) is 0 Å². The summed E-state index contributed by atoms with van der Waals surface area (Å²) in [6, 6.07) is 0.357. The lowest BCUT2D eigenvalue weighted by atomic mass is 10.0. The van der Waals surface area contributed by atoms with Crippen LogP contribution in [0.5, 0.6) is 0 Å². The van der Waals surface area contributed by atoms with Gasteiger partial charge in [-0.05, 0) is 26.7 Å². The monoisotopic (exact) mass is 208 g/mol. The number of fused-ring (bicyclic) bond motifs is 1. The van der Waals surface area contributed by atoms with Crippen LogP contribution < -0.4 is 0 Å². The number of aliphatic carboxylic acids is 1. The van der Waals surface area contributed by atoms with E-state index in [0.29, 0.717) is 6.04 Å². The minimum absolute atomic E-state index is 0.155. The Morgan fingerprint density at radius 3 is 3.07 bits per heavy atom. The van der Waals surface area contributed by atoms with Gasteiger partial charge in [-0.1, -0.05) is 0 Å². The molecular weight excluding hydrogens is 192 g/mol. The number of carboxylic acids is 1. The van der Waals surface area contributed by atoms with Gasteiger partial charge in [-0.3, -0.25) is 4.79 Å². The van der Waals surface area contributed by atoms with Gasteiger partial charge in [-0.2, -0.15) is 0 Å². The van der Waals surface area contributed by atoms with Crippen LogP contribution >= 0.6 is 0 Å². The summed E-state index contributed by atoms with van der Waals surface area (Å²) >= 11 is 0. The number of hydrogen-bond donors (Lipinski definition) is 1. The van der Waals surface area contributed by atoms with Crippen LogP contribution in [0, 0.1) is 0 Å². The second kappa shape index (κ2) is 3.68. The van der Waals surface area contributed by atoms with Crippen LogP contribution in [0.4, 0.5) is 0 Å². The Labute approximate surface area is 88.9 Å². The van der Waals surface area contributed by atoms with Crippen LogP contribution in [0.15, 0.2) is 6.33 Å². The molecule has 0 aromatic carbocycles. The third kappa shape index (κ3) is 1.76. The molecular formula is C11H16N2O2. The Morgan fingerprint density at radius 2 is 2.47 bits per heavy atom. The zero-order valence-electron chi connectivity index (χ0n) is 9.10. The summed E-state index contributed by atoms with van der Waals surface area (Å²) in [5.74, 6) is -0.563. The van der Waals surface area contributed by atoms with Crippen LogP contribution in [0.3, 0.4) is 0 Å².